The number of piperidine rings is 1. The summed E-state index contributed by atoms with van der Waals surface area (Å²) in [6.07, 6.45) is 2.39. The molecule has 2 atom stereocenters. The molecular formula is C15H19FN2O. The molecule has 2 aliphatic heterocycles. The topological polar surface area (TPSA) is 32.3 Å². The third-order valence-corrected chi connectivity index (χ3v) is 4.31. The zero-order valence-corrected chi connectivity index (χ0v) is 11.2. The molecule has 2 aliphatic rings. The second-order valence-corrected chi connectivity index (χ2v) is 5.63. The number of carbonyl (C=O) groups is 1. The predicted molar refractivity (Wildman–Crippen MR) is 71.6 cm³/mol. The molecule has 2 heterocycles. The van der Waals surface area contributed by atoms with E-state index in [0.717, 1.165) is 19.6 Å². The first-order valence-corrected chi connectivity index (χ1v) is 6.94. The van der Waals surface area contributed by atoms with E-state index in [0.29, 0.717) is 23.1 Å². The molecule has 0 spiro atoms. The summed E-state index contributed by atoms with van der Waals surface area (Å²) < 4.78 is 13.1. The minimum absolute atomic E-state index is 0.0358. The largest absolute Gasteiger partial charge is 0.337 e. The van der Waals surface area contributed by atoms with Gasteiger partial charge in [-0.25, -0.2) is 4.39 Å². The first-order chi connectivity index (χ1) is 9.15. The van der Waals surface area contributed by atoms with Crippen LogP contribution >= 0.6 is 0 Å². The number of halogens is 1. The van der Waals surface area contributed by atoms with Gasteiger partial charge in [-0.1, -0.05) is 0 Å². The van der Waals surface area contributed by atoms with Crippen LogP contribution in [0.5, 0.6) is 0 Å². The van der Waals surface area contributed by atoms with Crippen LogP contribution < -0.4 is 5.32 Å². The number of rotatable bonds is 1. The highest BCUT2D eigenvalue weighted by Gasteiger charge is 2.36. The molecule has 1 aromatic rings. The van der Waals surface area contributed by atoms with Gasteiger partial charge in [-0.3, -0.25) is 4.79 Å². The molecule has 0 aliphatic carbocycles. The molecule has 3 nitrogen and oxygen atoms in total. The zero-order chi connectivity index (χ0) is 13.4. The lowest BCUT2D eigenvalue weighted by Gasteiger charge is -2.24. The van der Waals surface area contributed by atoms with Crippen LogP contribution in [0.15, 0.2) is 18.2 Å². The molecule has 3 rings (SSSR count). The van der Waals surface area contributed by atoms with Crippen molar-refractivity contribution in [1.82, 2.24) is 10.2 Å². The molecule has 0 radical (unpaired) electrons. The lowest BCUT2D eigenvalue weighted by Crippen LogP contribution is -2.41. The number of hydrogen-bond acceptors (Lipinski definition) is 2. The lowest BCUT2D eigenvalue weighted by molar-refractivity contribution is 0.0785. The quantitative estimate of drug-likeness (QED) is 0.839. The number of nitrogens with zero attached hydrogens (tertiary/aromatic N) is 1. The van der Waals surface area contributed by atoms with E-state index in [1.54, 1.807) is 13.0 Å². The third kappa shape index (κ3) is 2.37. The Morgan fingerprint density at radius 3 is 3.00 bits per heavy atom. The summed E-state index contributed by atoms with van der Waals surface area (Å²) in [4.78, 5) is 14.4. The summed E-state index contributed by atoms with van der Waals surface area (Å²) >= 11 is 0. The number of aryl methyl sites for hydroxylation is 1. The summed E-state index contributed by atoms with van der Waals surface area (Å²) in [6.45, 7) is 4.45. The van der Waals surface area contributed by atoms with Gasteiger partial charge in [0, 0.05) is 24.7 Å². The fourth-order valence-corrected chi connectivity index (χ4v) is 3.25. The molecule has 1 aromatic carbocycles. The molecule has 2 unspecified atom stereocenters. The van der Waals surface area contributed by atoms with Crippen molar-refractivity contribution < 1.29 is 9.18 Å². The van der Waals surface area contributed by atoms with Crippen LogP contribution in [0.2, 0.25) is 0 Å². The van der Waals surface area contributed by atoms with Crippen molar-refractivity contribution >= 4 is 5.91 Å². The molecule has 2 fully saturated rings. The van der Waals surface area contributed by atoms with Crippen molar-refractivity contribution in [3.8, 4) is 0 Å². The monoisotopic (exact) mass is 262 g/mol. The van der Waals surface area contributed by atoms with E-state index in [4.69, 9.17) is 0 Å². The molecule has 0 bridgehead atoms. The van der Waals surface area contributed by atoms with Crippen LogP contribution in [-0.4, -0.2) is 36.5 Å². The van der Waals surface area contributed by atoms with Crippen LogP contribution in [0.1, 0.15) is 28.8 Å². The molecule has 102 valence electrons. The normalized spacial score (nSPS) is 26.3. The zero-order valence-electron chi connectivity index (χ0n) is 11.2. The van der Waals surface area contributed by atoms with Crippen molar-refractivity contribution in [2.24, 2.45) is 5.92 Å². The summed E-state index contributed by atoms with van der Waals surface area (Å²) in [5.41, 5.74) is 1.34. The van der Waals surface area contributed by atoms with E-state index in [9.17, 15) is 9.18 Å². The van der Waals surface area contributed by atoms with Crippen LogP contribution in [0.4, 0.5) is 4.39 Å². The average Bonchev–Trinajstić information content (AvgIpc) is 2.81. The van der Waals surface area contributed by atoms with Gasteiger partial charge in [0.05, 0.1) is 0 Å². The van der Waals surface area contributed by atoms with Crippen LogP contribution in [0, 0.1) is 18.7 Å². The standard InChI is InChI=1S/C15H19FN2O/c1-10-7-12(16)4-5-13(10)15(19)18-8-11-3-2-6-17-14(11)9-18/h4-5,7,11,14,17H,2-3,6,8-9H2,1H3. The smallest absolute Gasteiger partial charge is 0.254 e. The van der Waals surface area contributed by atoms with Gasteiger partial charge in [0.1, 0.15) is 5.82 Å². The second-order valence-electron chi connectivity index (χ2n) is 5.63. The SMILES string of the molecule is Cc1cc(F)ccc1C(=O)N1CC2CCCNC2C1. The Morgan fingerprint density at radius 1 is 1.42 bits per heavy atom. The van der Waals surface area contributed by atoms with Gasteiger partial charge >= 0.3 is 0 Å². The Hall–Kier alpha value is -1.42. The van der Waals surface area contributed by atoms with Gasteiger partial charge in [0.2, 0.25) is 0 Å². The van der Waals surface area contributed by atoms with E-state index in [1.165, 1.54) is 25.0 Å². The Balaban J connectivity index is 1.77. The van der Waals surface area contributed by atoms with Crippen molar-refractivity contribution in [3.05, 3.63) is 35.1 Å². The highest BCUT2D eigenvalue weighted by molar-refractivity contribution is 5.95. The Bertz CT molecular complexity index is 489. The highest BCUT2D eigenvalue weighted by atomic mass is 19.1. The number of likely N-dealkylation sites (tertiary alicyclic amines) is 1. The van der Waals surface area contributed by atoms with E-state index in [2.05, 4.69) is 5.32 Å². The number of nitrogens with one attached hydrogen (secondary N) is 1. The maximum absolute atomic E-state index is 13.1. The number of carbonyl (C=O) groups excluding carboxylic acids is 1. The van der Waals surface area contributed by atoms with E-state index >= 15 is 0 Å². The summed E-state index contributed by atoms with van der Waals surface area (Å²) in [5, 5.41) is 3.49. The maximum Gasteiger partial charge on any atom is 0.254 e. The molecule has 2 saturated heterocycles. The van der Waals surface area contributed by atoms with E-state index in [-0.39, 0.29) is 11.7 Å². The van der Waals surface area contributed by atoms with E-state index in [1.807, 2.05) is 4.90 Å². The Labute approximate surface area is 112 Å². The number of hydrogen-bond donors (Lipinski definition) is 1. The molecule has 4 heteroatoms. The fraction of sp³-hybridized carbons (Fsp3) is 0.533. The molecule has 0 aromatic heterocycles. The number of fused-ring (bicyclic) bond motifs is 1. The van der Waals surface area contributed by atoms with Crippen molar-refractivity contribution in [2.75, 3.05) is 19.6 Å². The van der Waals surface area contributed by atoms with Crippen molar-refractivity contribution in [2.45, 2.75) is 25.8 Å². The highest BCUT2D eigenvalue weighted by Crippen LogP contribution is 2.26. The third-order valence-electron chi connectivity index (χ3n) is 4.31. The molecular weight excluding hydrogens is 243 g/mol. The van der Waals surface area contributed by atoms with Crippen LogP contribution in [-0.2, 0) is 0 Å². The minimum Gasteiger partial charge on any atom is -0.337 e. The van der Waals surface area contributed by atoms with Gasteiger partial charge in [-0.15, -0.1) is 0 Å². The van der Waals surface area contributed by atoms with Crippen molar-refractivity contribution in [3.63, 3.8) is 0 Å². The summed E-state index contributed by atoms with van der Waals surface area (Å²) in [6, 6.07) is 4.83. The summed E-state index contributed by atoms with van der Waals surface area (Å²) in [7, 11) is 0. The Kier molecular flexibility index (Phi) is 3.27. The van der Waals surface area contributed by atoms with Gasteiger partial charge in [0.15, 0.2) is 0 Å². The van der Waals surface area contributed by atoms with Crippen LogP contribution in [0.25, 0.3) is 0 Å². The molecule has 19 heavy (non-hydrogen) atoms. The number of amides is 1. The maximum atomic E-state index is 13.1. The van der Waals surface area contributed by atoms with Crippen molar-refractivity contribution in [1.29, 1.82) is 0 Å². The first kappa shape index (κ1) is 12.6. The average molecular weight is 262 g/mol. The van der Waals surface area contributed by atoms with Gasteiger partial charge in [-0.05, 0) is 56.0 Å². The molecule has 1 N–H and O–H groups in total. The van der Waals surface area contributed by atoms with Gasteiger partial charge < -0.3 is 10.2 Å². The number of benzene rings is 1. The van der Waals surface area contributed by atoms with Crippen LogP contribution in [0.3, 0.4) is 0 Å². The van der Waals surface area contributed by atoms with Gasteiger partial charge in [-0.2, -0.15) is 0 Å². The second kappa shape index (κ2) is 4.93. The lowest BCUT2D eigenvalue weighted by atomic mass is 9.94. The fourth-order valence-electron chi connectivity index (χ4n) is 3.25. The van der Waals surface area contributed by atoms with E-state index < -0.39 is 0 Å². The molecule has 0 saturated carbocycles. The first-order valence-electron chi connectivity index (χ1n) is 6.94. The van der Waals surface area contributed by atoms with Gasteiger partial charge in [0.25, 0.3) is 5.91 Å². The predicted octanol–water partition coefficient (Wildman–Crippen LogP) is 1.96. The molecule has 1 amide bonds. The summed E-state index contributed by atoms with van der Waals surface area (Å²) in [5.74, 6) is 0.331. The minimum atomic E-state index is -0.286. The Morgan fingerprint density at radius 2 is 2.26 bits per heavy atom.